The van der Waals surface area contributed by atoms with Gasteiger partial charge in [0.1, 0.15) is 0 Å². The van der Waals surface area contributed by atoms with Gasteiger partial charge in [-0.15, -0.1) is 0 Å². The number of carboxylic acids is 2. The number of rotatable bonds is 2. The normalized spacial score (nSPS) is 9.80. The molecule has 0 radical (unpaired) electrons. The van der Waals surface area contributed by atoms with E-state index in [-0.39, 0.29) is 51.4 Å². The van der Waals surface area contributed by atoms with Crippen LogP contribution in [0.25, 0.3) is 0 Å². The summed E-state index contributed by atoms with van der Waals surface area (Å²) in [6.45, 7) is 2.27. The van der Waals surface area contributed by atoms with Crippen molar-refractivity contribution < 1.29 is 19.8 Å². The minimum atomic E-state index is -1.67. The van der Waals surface area contributed by atoms with Crippen LogP contribution in [0, 0.1) is 5.41 Å². The molecule has 0 aromatic rings. The molecule has 0 unspecified atom stereocenters. The van der Waals surface area contributed by atoms with Crippen molar-refractivity contribution in [2.75, 3.05) is 0 Å². The van der Waals surface area contributed by atoms with Gasteiger partial charge in [-0.05, 0) is 13.8 Å². The van der Waals surface area contributed by atoms with Gasteiger partial charge in [0.25, 0.3) is 0 Å². The van der Waals surface area contributed by atoms with Crippen molar-refractivity contribution in [3.8, 4) is 0 Å². The first kappa shape index (κ1) is 13.2. The van der Waals surface area contributed by atoms with Gasteiger partial charge in [0.2, 0.25) is 0 Å². The molecule has 0 aromatic heterocycles. The van der Waals surface area contributed by atoms with Crippen LogP contribution in [0.1, 0.15) is 13.8 Å². The first-order valence-corrected chi connectivity index (χ1v) is 2.36. The van der Waals surface area contributed by atoms with Crippen LogP contribution < -0.4 is 0 Å². The Bertz CT molecular complexity index is 136. The molecule has 0 aliphatic carbocycles. The fourth-order valence-electron chi connectivity index (χ4n) is 0.0915. The summed E-state index contributed by atoms with van der Waals surface area (Å²) in [7, 11) is 0. The molecule has 4 nitrogen and oxygen atoms in total. The van der Waals surface area contributed by atoms with Crippen molar-refractivity contribution >= 4 is 63.3 Å². The Balaban J connectivity index is 0. The molecule has 0 fully saturated rings. The van der Waals surface area contributed by atoms with E-state index in [0.717, 1.165) is 13.8 Å². The first-order valence-electron chi connectivity index (χ1n) is 2.36. The Hall–Kier alpha value is 0.576. The number of aliphatic carboxylic acids is 2. The van der Waals surface area contributed by atoms with E-state index in [1.54, 1.807) is 0 Å². The molecule has 10 heavy (non-hydrogen) atoms. The molecule has 0 aromatic carbocycles. The zero-order valence-electron chi connectivity index (χ0n) is 5.21. The fourth-order valence-corrected chi connectivity index (χ4v) is 0.0915. The number of carbonyl (C=O) groups is 2. The van der Waals surface area contributed by atoms with Gasteiger partial charge >= 0.3 is 63.3 Å². The predicted octanol–water partition coefficient (Wildman–Crippen LogP) is -0.467. The molecule has 0 saturated carbocycles. The second-order valence-corrected chi connectivity index (χ2v) is 2.24. The molecule has 0 aliphatic heterocycles. The molecule has 0 aliphatic rings. The minimum absolute atomic E-state index is 0. The standard InChI is InChI=1S/C5H8O4.K.H/c1-5(2,3(6)7)4(8)9;;/h1-2H3,(H,6,7)(H,8,9);;. The van der Waals surface area contributed by atoms with Crippen molar-refractivity contribution in [2.24, 2.45) is 5.41 Å². The van der Waals surface area contributed by atoms with Gasteiger partial charge in [0.15, 0.2) is 5.41 Å². The first-order chi connectivity index (χ1) is 3.89. The van der Waals surface area contributed by atoms with Gasteiger partial charge < -0.3 is 10.2 Å². The van der Waals surface area contributed by atoms with Gasteiger partial charge in [-0.3, -0.25) is 9.59 Å². The molecule has 0 rings (SSSR count). The van der Waals surface area contributed by atoms with E-state index in [1.807, 2.05) is 0 Å². The van der Waals surface area contributed by atoms with Crippen LogP contribution in [-0.2, 0) is 9.59 Å². The summed E-state index contributed by atoms with van der Waals surface area (Å²) < 4.78 is 0. The second-order valence-electron chi connectivity index (χ2n) is 2.24. The van der Waals surface area contributed by atoms with Gasteiger partial charge in [0.05, 0.1) is 0 Å². The van der Waals surface area contributed by atoms with E-state index >= 15 is 0 Å². The third-order valence-electron chi connectivity index (χ3n) is 1.07. The SMILES string of the molecule is CC(C)(C(=O)O)C(=O)O.[KH]. The van der Waals surface area contributed by atoms with Crippen LogP contribution in [0.3, 0.4) is 0 Å². The Morgan fingerprint density at radius 3 is 1.30 bits per heavy atom. The molecular formula is C5H9KO4. The van der Waals surface area contributed by atoms with E-state index in [2.05, 4.69) is 0 Å². The van der Waals surface area contributed by atoms with E-state index in [1.165, 1.54) is 0 Å². The average molecular weight is 172 g/mol. The van der Waals surface area contributed by atoms with Crippen LogP contribution in [-0.4, -0.2) is 73.5 Å². The quantitative estimate of drug-likeness (QED) is 0.436. The molecule has 2 N–H and O–H groups in total. The summed E-state index contributed by atoms with van der Waals surface area (Å²) in [5.41, 5.74) is -1.67. The third kappa shape index (κ3) is 3.11. The van der Waals surface area contributed by atoms with Gasteiger partial charge in [-0.2, -0.15) is 0 Å². The maximum atomic E-state index is 10.1. The molecule has 0 heterocycles. The number of hydrogen-bond donors (Lipinski definition) is 2. The zero-order chi connectivity index (χ0) is 7.65. The molecule has 0 bridgehead atoms. The third-order valence-corrected chi connectivity index (χ3v) is 1.07. The summed E-state index contributed by atoms with van der Waals surface area (Å²) in [6, 6.07) is 0. The average Bonchev–Trinajstić information content (AvgIpc) is 1.65. The molecule has 0 atom stereocenters. The van der Waals surface area contributed by atoms with E-state index < -0.39 is 17.4 Å². The molecule has 0 spiro atoms. The molecular weight excluding hydrogens is 163 g/mol. The summed E-state index contributed by atoms with van der Waals surface area (Å²) in [5, 5.41) is 16.5. The van der Waals surface area contributed by atoms with E-state index in [9.17, 15) is 9.59 Å². The zero-order valence-corrected chi connectivity index (χ0v) is 5.21. The molecule has 0 saturated heterocycles. The van der Waals surface area contributed by atoms with Gasteiger partial charge in [-0.1, -0.05) is 0 Å². The summed E-state index contributed by atoms with van der Waals surface area (Å²) in [6.07, 6.45) is 0. The number of hydrogen-bond acceptors (Lipinski definition) is 2. The Morgan fingerprint density at radius 1 is 1.10 bits per heavy atom. The second kappa shape index (κ2) is 4.45. The Morgan fingerprint density at radius 2 is 1.30 bits per heavy atom. The topological polar surface area (TPSA) is 74.6 Å². The van der Waals surface area contributed by atoms with Crippen LogP contribution in [0.5, 0.6) is 0 Å². The molecule has 5 heteroatoms. The summed E-state index contributed by atoms with van der Waals surface area (Å²) >= 11 is 0. The van der Waals surface area contributed by atoms with Crippen molar-refractivity contribution in [1.29, 1.82) is 0 Å². The maximum absolute atomic E-state index is 10.1. The van der Waals surface area contributed by atoms with Gasteiger partial charge in [0, 0.05) is 0 Å². The van der Waals surface area contributed by atoms with E-state index in [4.69, 9.17) is 10.2 Å². The van der Waals surface area contributed by atoms with Crippen molar-refractivity contribution in [1.82, 2.24) is 0 Å². The molecule has 0 amide bonds. The fraction of sp³-hybridized carbons (Fsp3) is 0.600. The van der Waals surface area contributed by atoms with Crippen LogP contribution in [0.15, 0.2) is 0 Å². The number of carboxylic acid groups (broad SMARTS) is 2. The summed E-state index contributed by atoms with van der Waals surface area (Å²) in [5.74, 6) is -2.65. The Labute approximate surface area is 101 Å². The van der Waals surface area contributed by atoms with Crippen molar-refractivity contribution in [3.05, 3.63) is 0 Å². The molecule has 54 valence electrons. The predicted molar refractivity (Wildman–Crippen MR) is 36.2 cm³/mol. The van der Waals surface area contributed by atoms with Crippen LogP contribution in [0.2, 0.25) is 0 Å². The van der Waals surface area contributed by atoms with Crippen LogP contribution in [0.4, 0.5) is 0 Å². The summed E-state index contributed by atoms with van der Waals surface area (Å²) in [4.78, 5) is 20.2. The van der Waals surface area contributed by atoms with Gasteiger partial charge in [-0.25, -0.2) is 0 Å². The van der Waals surface area contributed by atoms with Crippen molar-refractivity contribution in [3.63, 3.8) is 0 Å². The monoisotopic (exact) mass is 172 g/mol. The van der Waals surface area contributed by atoms with Crippen LogP contribution >= 0.6 is 0 Å². The Kier molecular flexibility index (Phi) is 5.87. The van der Waals surface area contributed by atoms with E-state index in [0.29, 0.717) is 0 Å². The van der Waals surface area contributed by atoms with Crippen molar-refractivity contribution in [2.45, 2.75) is 13.8 Å².